The Labute approximate surface area is 185 Å². The quantitative estimate of drug-likeness (QED) is 0.371. The van der Waals surface area contributed by atoms with Crippen molar-refractivity contribution in [2.75, 3.05) is 24.9 Å². The molecule has 0 fully saturated rings. The van der Waals surface area contributed by atoms with Crippen molar-refractivity contribution in [2.24, 2.45) is 0 Å². The van der Waals surface area contributed by atoms with Gasteiger partial charge in [-0.25, -0.2) is 0 Å². The van der Waals surface area contributed by atoms with Gasteiger partial charge in [-0.05, 0) is 36.4 Å². The highest BCUT2D eigenvalue weighted by atomic mass is 32.2. The molecule has 0 aliphatic rings. The van der Waals surface area contributed by atoms with Crippen molar-refractivity contribution in [1.29, 1.82) is 5.26 Å². The van der Waals surface area contributed by atoms with Crippen molar-refractivity contribution >= 4 is 29.0 Å². The van der Waals surface area contributed by atoms with Crippen molar-refractivity contribution < 1.29 is 14.3 Å². The maximum Gasteiger partial charge on any atom is 0.267 e. The van der Waals surface area contributed by atoms with Gasteiger partial charge < -0.3 is 20.1 Å². The van der Waals surface area contributed by atoms with Crippen LogP contribution in [-0.2, 0) is 4.79 Å². The topological polar surface area (TPSA) is 83.4 Å². The third-order valence-electron chi connectivity index (χ3n) is 4.25. The second kappa shape index (κ2) is 10.8. The lowest BCUT2D eigenvalue weighted by Gasteiger charge is -2.12. The fourth-order valence-corrected chi connectivity index (χ4v) is 3.60. The number of nitriles is 1. The number of methoxy groups -OCH3 is 2. The summed E-state index contributed by atoms with van der Waals surface area (Å²) < 4.78 is 10.5. The van der Waals surface area contributed by atoms with Crippen LogP contribution in [0.2, 0.25) is 0 Å². The van der Waals surface area contributed by atoms with Crippen LogP contribution in [0.5, 0.6) is 11.5 Å². The number of ether oxygens (including phenoxy) is 2. The molecule has 2 N–H and O–H groups in total. The molecule has 0 spiro atoms. The largest absolute Gasteiger partial charge is 0.497 e. The van der Waals surface area contributed by atoms with Crippen LogP contribution in [-0.4, -0.2) is 20.1 Å². The number of carbonyl (C=O) groups is 1. The van der Waals surface area contributed by atoms with E-state index in [1.165, 1.54) is 25.1 Å². The molecule has 0 atom stereocenters. The number of para-hydroxylation sites is 1. The minimum atomic E-state index is -0.511. The Morgan fingerprint density at radius 1 is 0.968 bits per heavy atom. The fourth-order valence-electron chi connectivity index (χ4n) is 2.68. The summed E-state index contributed by atoms with van der Waals surface area (Å²) in [5, 5.41) is 15.3. The summed E-state index contributed by atoms with van der Waals surface area (Å²) >= 11 is 1.53. The van der Waals surface area contributed by atoms with Crippen molar-refractivity contribution in [2.45, 2.75) is 9.79 Å². The Balaban J connectivity index is 1.76. The summed E-state index contributed by atoms with van der Waals surface area (Å²) in [5.41, 5.74) is 1.16. The van der Waals surface area contributed by atoms with Crippen molar-refractivity contribution in [1.82, 2.24) is 0 Å². The van der Waals surface area contributed by atoms with E-state index in [2.05, 4.69) is 10.6 Å². The van der Waals surface area contributed by atoms with Crippen LogP contribution >= 0.6 is 11.8 Å². The lowest BCUT2D eigenvalue weighted by Crippen LogP contribution is -2.15. The van der Waals surface area contributed by atoms with Crippen LogP contribution < -0.4 is 20.1 Å². The summed E-state index contributed by atoms with van der Waals surface area (Å²) in [4.78, 5) is 14.7. The Kier molecular flexibility index (Phi) is 7.57. The highest BCUT2D eigenvalue weighted by molar-refractivity contribution is 7.99. The SMILES string of the molecule is COc1ccc(N/C=C(/C#N)C(=O)Nc2ccccc2Sc2ccccc2)c(OC)c1. The predicted octanol–water partition coefficient (Wildman–Crippen LogP) is 5.31. The average Bonchev–Trinajstić information content (AvgIpc) is 2.81. The Morgan fingerprint density at radius 2 is 1.71 bits per heavy atom. The van der Waals surface area contributed by atoms with E-state index in [9.17, 15) is 10.1 Å². The van der Waals surface area contributed by atoms with Gasteiger partial charge in [-0.2, -0.15) is 5.26 Å². The van der Waals surface area contributed by atoms with Gasteiger partial charge in [0.15, 0.2) is 0 Å². The zero-order valence-electron chi connectivity index (χ0n) is 17.1. The van der Waals surface area contributed by atoms with E-state index >= 15 is 0 Å². The minimum absolute atomic E-state index is 0.0719. The van der Waals surface area contributed by atoms with Crippen molar-refractivity contribution in [3.8, 4) is 17.6 Å². The molecule has 3 aromatic carbocycles. The van der Waals surface area contributed by atoms with E-state index in [4.69, 9.17) is 9.47 Å². The first-order valence-electron chi connectivity index (χ1n) is 9.36. The maximum absolute atomic E-state index is 12.7. The fraction of sp³-hybridized carbons (Fsp3) is 0.0833. The molecule has 3 rings (SSSR count). The Bertz CT molecular complexity index is 1120. The predicted molar refractivity (Wildman–Crippen MR) is 123 cm³/mol. The molecule has 1 amide bonds. The van der Waals surface area contributed by atoms with Gasteiger partial charge in [0.2, 0.25) is 0 Å². The number of hydrogen-bond donors (Lipinski definition) is 2. The third kappa shape index (κ3) is 5.81. The molecule has 0 aromatic heterocycles. The smallest absolute Gasteiger partial charge is 0.267 e. The average molecular weight is 432 g/mol. The van der Waals surface area contributed by atoms with E-state index in [-0.39, 0.29) is 5.57 Å². The normalized spacial score (nSPS) is 10.7. The molecule has 156 valence electrons. The van der Waals surface area contributed by atoms with Crippen LogP contribution in [0.1, 0.15) is 0 Å². The summed E-state index contributed by atoms with van der Waals surface area (Å²) in [6.45, 7) is 0. The molecule has 0 aliphatic heterocycles. The molecule has 0 bridgehead atoms. The van der Waals surface area contributed by atoms with Gasteiger partial charge in [0.05, 0.1) is 25.6 Å². The van der Waals surface area contributed by atoms with Gasteiger partial charge in [-0.3, -0.25) is 4.79 Å². The molecule has 0 unspecified atom stereocenters. The molecule has 31 heavy (non-hydrogen) atoms. The molecule has 7 heteroatoms. The highest BCUT2D eigenvalue weighted by Crippen LogP contribution is 2.33. The standard InChI is InChI=1S/C24H21N3O3S/c1-29-18-12-13-20(22(14-18)30-2)26-16-17(15-25)24(28)27-21-10-6-7-11-23(21)31-19-8-4-3-5-9-19/h3-14,16,26H,1-2H3,(H,27,28)/b17-16-. The minimum Gasteiger partial charge on any atom is -0.497 e. The first-order chi connectivity index (χ1) is 15.1. The van der Waals surface area contributed by atoms with Crippen LogP contribution in [0.4, 0.5) is 11.4 Å². The Morgan fingerprint density at radius 3 is 2.42 bits per heavy atom. The number of nitrogens with one attached hydrogen (secondary N) is 2. The summed E-state index contributed by atoms with van der Waals surface area (Å²) in [5.74, 6) is 0.652. The first kappa shape index (κ1) is 21.8. The van der Waals surface area contributed by atoms with Crippen LogP contribution in [0.25, 0.3) is 0 Å². The number of nitrogens with zero attached hydrogens (tertiary/aromatic N) is 1. The highest BCUT2D eigenvalue weighted by Gasteiger charge is 2.13. The van der Waals surface area contributed by atoms with Gasteiger partial charge >= 0.3 is 0 Å². The second-order valence-corrected chi connectivity index (χ2v) is 7.36. The van der Waals surface area contributed by atoms with E-state index in [0.29, 0.717) is 22.9 Å². The van der Waals surface area contributed by atoms with Gasteiger partial charge in [-0.15, -0.1) is 0 Å². The van der Waals surface area contributed by atoms with Gasteiger partial charge in [0, 0.05) is 22.1 Å². The van der Waals surface area contributed by atoms with Crippen LogP contribution in [0.3, 0.4) is 0 Å². The lowest BCUT2D eigenvalue weighted by atomic mass is 10.2. The molecule has 0 saturated carbocycles. The molecule has 0 radical (unpaired) electrons. The van der Waals surface area contributed by atoms with E-state index in [1.54, 1.807) is 31.4 Å². The zero-order valence-corrected chi connectivity index (χ0v) is 17.9. The van der Waals surface area contributed by atoms with E-state index in [0.717, 1.165) is 9.79 Å². The summed E-state index contributed by atoms with van der Waals surface area (Å²) in [6, 6.07) is 24.5. The molecule has 3 aromatic rings. The second-order valence-electron chi connectivity index (χ2n) is 6.25. The van der Waals surface area contributed by atoms with Gasteiger partial charge in [-0.1, -0.05) is 42.1 Å². The lowest BCUT2D eigenvalue weighted by molar-refractivity contribution is -0.112. The zero-order chi connectivity index (χ0) is 22.1. The van der Waals surface area contributed by atoms with E-state index < -0.39 is 5.91 Å². The van der Waals surface area contributed by atoms with Crippen molar-refractivity contribution in [3.63, 3.8) is 0 Å². The summed E-state index contributed by atoms with van der Waals surface area (Å²) in [6.07, 6.45) is 1.35. The number of amides is 1. The van der Waals surface area contributed by atoms with E-state index in [1.807, 2.05) is 54.6 Å². The number of carbonyl (C=O) groups excluding carboxylic acids is 1. The first-order valence-corrected chi connectivity index (χ1v) is 10.2. The number of rotatable bonds is 8. The molecular formula is C24H21N3O3S. The Hall–Kier alpha value is -3.89. The molecular weight excluding hydrogens is 410 g/mol. The third-order valence-corrected chi connectivity index (χ3v) is 5.34. The number of anilines is 2. The van der Waals surface area contributed by atoms with Gasteiger partial charge in [0.25, 0.3) is 5.91 Å². The van der Waals surface area contributed by atoms with Crippen LogP contribution in [0.15, 0.2) is 94.4 Å². The number of benzene rings is 3. The monoisotopic (exact) mass is 431 g/mol. The van der Waals surface area contributed by atoms with Crippen molar-refractivity contribution in [3.05, 3.63) is 84.6 Å². The molecule has 0 saturated heterocycles. The summed E-state index contributed by atoms with van der Waals surface area (Å²) in [7, 11) is 3.09. The number of hydrogen-bond acceptors (Lipinski definition) is 6. The molecule has 0 aliphatic carbocycles. The maximum atomic E-state index is 12.7. The van der Waals surface area contributed by atoms with Crippen LogP contribution in [0, 0.1) is 11.3 Å². The molecule has 0 heterocycles. The van der Waals surface area contributed by atoms with Gasteiger partial charge in [0.1, 0.15) is 23.1 Å². The molecule has 6 nitrogen and oxygen atoms in total.